The standard InChI is InChI=1S/C27H29N5O3/c28-25(29)30-15-4-5-18-16(10-15)17-11-27(34)20-9-14-3-6-19(33)23-21(14)26(27,24(35-23)22(17)31-18)7-8-32(20)12-13-1-2-13/h3-6,10,13,20,24,31,33-34H,1-2,7-9,11-12H2,(H4,28,29,30)/p+1. The molecule has 0 radical (unpaired) electrons. The SMILES string of the molecule is NC(N)=[NH+]c1ccc2[nH]c3c(c2c1)CC1(O)C2Cc4ccc(O)c5c4C1(CCN2CC1CC1)C3O5. The van der Waals surface area contributed by atoms with Crippen LogP contribution in [0.1, 0.15) is 47.8 Å². The molecule has 180 valence electrons. The molecule has 3 heterocycles. The fourth-order valence-corrected chi connectivity index (χ4v) is 7.87. The van der Waals surface area contributed by atoms with Gasteiger partial charge in [-0.3, -0.25) is 16.4 Å². The highest BCUT2D eigenvalue weighted by Gasteiger charge is 2.72. The summed E-state index contributed by atoms with van der Waals surface area (Å²) in [6.45, 7) is 1.99. The summed E-state index contributed by atoms with van der Waals surface area (Å²) in [4.78, 5) is 9.18. The van der Waals surface area contributed by atoms with Crippen molar-refractivity contribution in [3.63, 3.8) is 0 Å². The fourth-order valence-electron chi connectivity index (χ4n) is 7.87. The topological polar surface area (TPSA) is 135 Å². The second kappa shape index (κ2) is 6.30. The van der Waals surface area contributed by atoms with Crippen molar-refractivity contribution in [2.75, 3.05) is 13.1 Å². The van der Waals surface area contributed by atoms with Gasteiger partial charge in [-0.15, -0.1) is 0 Å². The number of aromatic amines is 1. The maximum atomic E-state index is 12.9. The summed E-state index contributed by atoms with van der Waals surface area (Å²) in [6, 6.07) is 9.80. The first-order valence-corrected chi connectivity index (χ1v) is 12.7. The number of nitrogens with two attached hydrogens (primary N) is 2. The van der Waals surface area contributed by atoms with E-state index in [0.717, 1.165) is 65.3 Å². The quantitative estimate of drug-likeness (QED) is 0.244. The minimum Gasteiger partial charge on any atom is -0.504 e. The van der Waals surface area contributed by atoms with Crippen molar-refractivity contribution in [1.29, 1.82) is 0 Å². The maximum Gasteiger partial charge on any atom is 0.343 e. The Kier molecular flexibility index (Phi) is 3.60. The molecule has 8 nitrogen and oxygen atoms in total. The predicted octanol–water partition coefficient (Wildman–Crippen LogP) is 0.558. The third-order valence-electron chi connectivity index (χ3n) is 9.45. The first-order chi connectivity index (χ1) is 16.9. The van der Waals surface area contributed by atoms with E-state index >= 15 is 0 Å². The second-order valence-electron chi connectivity index (χ2n) is 11.3. The number of likely N-dealkylation sites (tertiary alicyclic amines) is 1. The summed E-state index contributed by atoms with van der Waals surface area (Å²) >= 11 is 0. The van der Waals surface area contributed by atoms with Crippen molar-refractivity contribution < 1.29 is 19.9 Å². The zero-order valence-electron chi connectivity index (χ0n) is 19.5. The molecule has 2 fully saturated rings. The summed E-state index contributed by atoms with van der Waals surface area (Å²) in [5.74, 6) is 1.60. The Morgan fingerprint density at radius 1 is 1.23 bits per heavy atom. The van der Waals surface area contributed by atoms with E-state index in [1.165, 1.54) is 18.4 Å². The highest BCUT2D eigenvalue weighted by molar-refractivity contribution is 5.88. The molecule has 0 amide bonds. The minimum atomic E-state index is -0.999. The third-order valence-corrected chi connectivity index (χ3v) is 9.45. The van der Waals surface area contributed by atoms with E-state index in [1.54, 1.807) is 6.07 Å². The molecule has 3 aliphatic carbocycles. The molecule has 8 N–H and O–H groups in total. The van der Waals surface area contributed by atoms with Gasteiger partial charge in [-0.05, 0) is 73.5 Å². The van der Waals surface area contributed by atoms with Crippen LogP contribution in [0, 0.1) is 5.92 Å². The minimum absolute atomic E-state index is 0.0124. The van der Waals surface area contributed by atoms with Crippen molar-refractivity contribution in [2.24, 2.45) is 17.4 Å². The number of guanidine groups is 1. The van der Waals surface area contributed by atoms with Crippen LogP contribution < -0.4 is 21.2 Å². The van der Waals surface area contributed by atoms with E-state index < -0.39 is 11.0 Å². The number of phenols is 1. The van der Waals surface area contributed by atoms with Gasteiger partial charge in [-0.2, -0.15) is 0 Å². The van der Waals surface area contributed by atoms with Gasteiger partial charge in [0.15, 0.2) is 17.6 Å². The van der Waals surface area contributed by atoms with Crippen molar-refractivity contribution in [3.8, 4) is 11.5 Å². The number of ether oxygens (including phenoxy) is 1. The molecule has 1 saturated heterocycles. The van der Waals surface area contributed by atoms with Crippen LogP contribution in [0.15, 0.2) is 30.3 Å². The average Bonchev–Trinajstić information content (AvgIpc) is 3.46. The lowest BCUT2D eigenvalue weighted by Gasteiger charge is -2.62. The average molecular weight is 473 g/mol. The number of rotatable bonds is 3. The van der Waals surface area contributed by atoms with Gasteiger partial charge in [0.25, 0.3) is 0 Å². The number of hydrogen-bond acceptors (Lipinski definition) is 4. The number of aromatic hydroxyl groups is 1. The fraction of sp³-hybridized carbons (Fsp3) is 0.444. The molecule has 1 saturated carbocycles. The number of nitrogens with one attached hydrogen (secondary N) is 2. The van der Waals surface area contributed by atoms with E-state index in [0.29, 0.717) is 12.2 Å². The highest BCUT2D eigenvalue weighted by Crippen LogP contribution is 2.69. The van der Waals surface area contributed by atoms with Crippen molar-refractivity contribution in [2.45, 2.75) is 55.3 Å². The lowest BCUT2D eigenvalue weighted by molar-refractivity contribution is -0.356. The van der Waals surface area contributed by atoms with Gasteiger partial charge in [0.1, 0.15) is 0 Å². The third kappa shape index (κ3) is 2.37. The Morgan fingerprint density at radius 3 is 2.89 bits per heavy atom. The lowest BCUT2D eigenvalue weighted by Crippen LogP contribution is -2.74. The highest BCUT2D eigenvalue weighted by atomic mass is 16.5. The molecule has 8 heteroatoms. The molecule has 35 heavy (non-hydrogen) atoms. The van der Waals surface area contributed by atoms with Gasteiger partial charge in [0.05, 0.1) is 22.4 Å². The van der Waals surface area contributed by atoms with Gasteiger partial charge < -0.3 is 19.9 Å². The first kappa shape index (κ1) is 20.0. The first-order valence-electron chi connectivity index (χ1n) is 12.7. The van der Waals surface area contributed by atoms with Gasteiger partial charge in [0.2, 0.25) is 0 Å². The van der Waals surface area contributed by atoms with Crippen LogP contribution >= 0.6 is 0 Å². The van der Waals surface area contributed by atoms with Gasteiger partial charge in [-0.25, -0.2) is 4.99 Å². The predicted molar refractivity (Wildman–Crippen MR) is 131 cm³/mol. The van der Waals surface area contributed by atoms with E-state index in [1.807, 2.05) is 24.3 Å². The maximum absolute atomic E-state index is 12.9. The Hall–Kier alpha value is -3.23. The molecule has 1 spiro atoms. The number of H-pyrrole nitrogens is 1. The molecular formula is C27H30N5O3+. The summed E-state index contributed by atoms with van der Waals surface area (Å²) in [6.07, 6.45) is 4.31. The second-order valence-corrected chi connectivity index (χ2v) is 11.3. The van der Waals surface area contributed by atoms with Crippen molar-refractivity contribution in [3.05, 3.63) is 52.7 Å². The number of phenolic OH excluding ortho intramolecular Hbond substituents is 1. The van der Waals surface area contributed by atoms with Gasteiger partial charge in [-0.1, -0.05) is 6.07 Å². The number of piperidine rings is 1. The number of fused-ring (bicyclic) bond motifs is 4. The van der Waals surface area contributed by atoms with Crippen LogP contribution in [0.5, 0.6) is 11.5 Å². The van der Waals surface area contributed by atoms with Crippen LogP contribution in [-0.4, -0.2) is 50.8 Å². The van der Waals surface area contributed by atoms with Crippen LogP contribution in [0.4, 0.5) is 5.69 Å². The number of aromatic nitrogens is 1. The lowest BCUT2D eigenvalue weighted by atomic mass is 9.49. The summed E-state index contributed by atoms with van der Waals surface area (Å²) in [7, 11) is 0. The summed E-state index contributed by atoms with van der Waals surface area (Å²) in [5, 5.41) is 24.7. The molecule has 1 aromatic heterocycles. The normalized spacial score (nSPS) is 32.1. The number of aliphatic hydroxyl groups is 1. The molecule has 2 bridgehead atoms. The Bertz CT molecular complexity index is 1450. The van der Waals surface area contributed by atoms with Gasteiger partial charge >= 0.3 is 5.96 Å². The zero-order chi connectivity index (χ0) is 23.7. The number of nitrogens with zero attached hydrogens (tertiary/aromatic N) is 1. The Labute approximate surface area is 202 Å². The molecule has 5 aliphatic rings. The van der Waals surface area contributed by atoms with E-state index in [2.05, 4.69) is 14.9 Å². The molecule has 3 aromatic rings. The molecular weight excluding hydrogens is 442 g/mol. The molecule has 8 rings (SSSR count). The van der Waals surface area contributed by atoms with E-state index in [-0.39, 0.29) is 23.9 Å². The largest absolute Gasteiger partial charge is 0.504 e. The van der Waals surface area contributed by atoms with Crippen molar-refractivity contribution in [1.82, 2.24) is 9.88 Å². The van der Waals surface area contributed by atoms with Crippen LogP contribution in [0.2, 0.25) is 0 Å². The smallest absolute Gasteiger partial charge is 0.343 e. The molecule has 4 atom stereocenters. The van der Waals surface area contributed by atoms with Crippen molar-refractivity contribution >= 4 is 22.5 Å². The zero-order valence-corrected chi connectivity index (χ0v) is 19.5. The van der Waals surface area contributed by atoms with E-state index in [4.69, 9.17) is 16.2 Å². The monoisotopic (exact) mass is 472 g/mol. The van der Waals surface area contributed by atoms with Crippen LogP contribution in [0.25, 0.3) is 10.9 Å². The van der Waals surface area contributed by atoms with Crippen LogP contribution in [-0.2, 0) is 18.3 Å². The number of benzene rings is 2. The summed E-state index contributed by atoms with van der Waals surface area (Å²) in [5.41, 5.74) is 15.9. The Morgan fingerprint density at radius 2 is 2.09 bits per heavy atom. The van der Waals surface area contributed by atoms with E-state index in [9.17, 15) is 10.2 Å². The van der Waals surface area contributed by atoms with Crippen LogP contribution in [0.3, 0.4) is 0 Å². The molecule has 2 aliphatic heterocycles. The molecule has 2 aromatic carbocycles. The van der Waals surface area contributed by atoms with Gasteiger partial charge in [0, 0.05) is 35.5 Å². The molecule has 4 unspecified atom stereocenters. The number of hydrogen-bond donors (Lipinski definition) is 6. The Balaban J connectivity index is 1.38. The summed E-state index contributed by atoms with van der Waals surface area (Å²) < 4.78 is 6.63.